The second-order valence-electron chi connectivity index (χ2n) is 3.84. The van der Waals surface area contributed by atoms with E-state index in [0.29, 0.717) is 16.6 Å². The molecule has 0 spiro atoms. The van der Waals surface area contributed by atoms with Gasteiger partial charge in [-0.05, 0) is 30.3 Å². The van der Waals surface area contributed by atoms with Crippen molar-refractivity contribution in [2.75, 3.05) is 5.73 Å². The normalized spacial score (nSPS) is 10.9. The Kier molecular flexibility index (Phi) is 2.08. The molecule has 17 heavy (non-hydrogen) atoms. The summed E-state index contributed by atoms with van der Waals surface area (Å²) in [6.45, 7) is 0. The van der Waals surface area contributed by atoms with E-state index in [2.05, 4.69) is 9.97 Å². The van der Waals surface area contributed by atoms with E-state index >= 15 is 0 Å². The first-order valence-electron chi connectivity index (χ1n) is 5.23. The van der Waals surface area contributed by atoms with Gasteiger partial charge in [-0.1, -0.05) is 0 Å². The maximum atomic E-state index is 13.6. The van der Waals surface area contributed by atoms with Crippen LogP contribution in [0.2, 0.25) is 0 Å². The average Bonchev–Trinajstić information content (AvgIpc) is 2.81. The molecule has 2 aromatic heterocycles. The van der Waals surface area contributed by atoms with Crippen molar-refractivity contribution in [2.24, 2.45) is 0 Å². The van der Waals surface area contributed by atoms with Crippen molar-refractivity contribution in [1.29, 1.82) is 0 Å². The van der Waals surface area contributed by atoms with Crippen LogP contribution in [0.3, 0.4) is 0 Å². The van der Waals surface area contributed by atoms with Gasteiger partial charge < -0.3 is 10.7 Å². The molecule has 2 heterocycles. The van der Waals surface area contributed by atoms with E-state index in [1.165, 1.54) is 6.07 Å². The molecule has 0 radical (unpaired) electrons. The van der Waals surface area contributed by atoms with Crippen LogP contribution in [0.5, 0.6) is 0 Å². The van der Waals surface area contributed by atoms with Crippen LogP contribution in [0, 0.1) is 5.82 Å². The highest BCUT2D eigenvalue weighted by Crippen LogP contribution is 2.28. The first-order valence-corrected chi connectivity index (χ1v) is 5.23. The Morgan fingerprint density at radius 1 is 1.12 bits per heavy atom. The van der Waals surface area contributed by atoms with Gasteiger partial charge in [0, 0.05) is 34.7 Å². The fraction of sp³-hybridized carbons (Fsp3) is 0. The number of H-pyrrole nitrogens is 1. The van der Waals surface area contributed by atoms with Gasteiger partial charge in [0.15, 0.2) is 0 Å². The van der Waals surface area contributed by atoms with Crippen LogP contribution >= 0.6 is 0 Å². The zero-order valence-electron chi connectivity index (χ0n) is 8.94. The van der Waals surface area contributed by atoms with Gasteiger partial charge >= 0.3 is 0 Å². The van der Waals surface area contributed by atoms with E-state index in [-0.39, 0.29) is 5.82 Å². The third-order valence-electron chi connectivity index (χ3n) is 2.77. The summed E-state index contributed by atoms with van der Waals surface area (Å²) in [6.07, 6.45) is 3.39. The van der Waals surface area contributed by atoms with E-state index < -0.39 is 0 Å². The van der Waals surface area contributed by atoms with Crippen LogP contribution in [-0.4, -0.2) is 9.97 Å². The number of hydrogen-bond acceptors (Lipinski definition) is 2. The second-order valence-corrected chi connectivity index (χ2v) is 3.84. The van der Waals surface area contributed by atoms with Crippen LogP contribution in [0.4, 0.5) is 10.1 Å². The number of rotatable bonds is 1. The number of halogens is 1. The summed E-state index contributed by atoms with van der Waals surface area (Å²) < 4.78 is 13.6. The second kappa shape index (κ2) is 3.59. The molecule has 0 saturated heterocycles. The molecule has 0 fully saturated rings. The molecule has 0 amide bonds. The molecule has 0 aliphatic rings. The molecule has 84 valence electrons. The van der Waals surface area contributed by atoms with E-state index in [1.807, 2.05) is 18.2 Å². The molecule has 3 rings (SSSR count). The molecule has 3 N–H and O–H groups in total. The van der Waals surface area contributed by atoms with E-state index in [1.54, 1.807) is 18.5 Å². The predicted octanol–water partition coefficient (Wildman–Crippen LogP) is 2.95. The number of pyridine rings is 1. The lowest BCUT2D eigenvalue weighted by molar-refractivity contribution is 0.637. The number of aromatic nitrogens is 2. The van der Waals surface area contributed by atoms with Crippen molar-refractivity contribution in [2.45, 2.75) is 0 Å². The zero-order valence-corrected chi connectivity index (χ0v) is 8.94. The number of fused-ring (bicyclic) bond motifs is 1. The number of nitrogens with two attached hydrogens (primary N) is 1. The summed E-state index contributed by atoms with van der Waals surface area (Å²) in [5.41, 5.74) is 8.61. The average molecular weight is 227 g/mol. The molecule has 0 aliphatic heterocycles. The highest BCUT2D eigenvalue weighted by molar-refractivity contribution is 5.95. The monoisotopic (exact) mass is 227 g/mol. The lowest BCUT2D eigenvalue weighted by Crippen LogP contribution is -1.86. The molecule has 0 aliphatic carbocycles. The Morgan fingerprint density at radius 2 is 1.88 bits per heavy atom. The summed E-state index contributed by atoms with van der Waals surface area (Å²) in [6, 6.07) is 8.51. The van der Waals surface area contributed by atoms with Crippen molar-refractivity contribution < 1.29 is 4.39 Å². The Hall–Kier alpha value is -2.36. The van der Waals surface area contributed by atoms with Crippen molar-refractivity contribution in [1.82, 2.24) is 9.97 Å². The molecule has 3 aromatic rings. The fourth-order valence-electron chi connectivity index (χ4n) is 1.89. The summed E-state index contributed by atoms with van der Waals surface area (Å²) in [5.74, 6) is -0.297. The van der Waals surface area contributed by atoms with Crippen LogP contribution in [0.25, 0.3) is 22.2 Å². The fourth-order valence-corrected chi connectivity index (χ4v) is 1.89. The van der Waals surface area contributed by atoms with Crippen molar-refractivity contribution in [3.05, 3.63) is 48.5 Å². The number of nitrogen functional groups attached to an aromatic ring is 1. The standard InChI is InChI=1S/C13H10FN3/c14-10-1-2-11(15)9-7-12(17-13(9)10)8-3-5-16-6-4-8/h1-7,17H,15H2. The van der Waals surface area contributed by atoms with Crippen molar-refractivity contribution in [3.63, 3.8) is 0 Å². The van der Waals surface area contributed by atoms with Gasteiger partial charge in [0.1, 0.15) is 5.82 Å². The lowest BCUT2D eigenvalue weighted by atomic mass is 10.1. The first kappa shape index (κ1) is 9.84. The van der Waals surface area contributed by atoms with Gasteiger partial charge in [-0.15, -0.1) is 0 Å². The molecule has 0 atom stereocenters. The quantitative estimate of drug-likeness (QED) is 0.628. The Balaban J connectivity index is 2.27. The highest BCUT2D eigenvalue weighted by atomic mass is 19.1. The number of benzene rings is 1. The maximum absolute atomic E-state index is 13.6. The smallest absolute Gasteiger partial charge is 0.147 e. The van der Waals surface area contributed by atoms with Crippen LogP contribution in [0.1, 0.15) is 0 Å². The molecular formula is C13H10FN3. The van der Waals surface area contributed by atoms with E-state index in [9.17, 15) is 4.39 Å². The van der Waals surface area contributed by atoms with Gasteiger partial charge in [0.2, 0.25) is 0 Å². The first-order chi connectivity index (χ1) is 8.25. The molecule has 0 bridgehead atoms. The SMILES string of the molecule is Nc1ccc(F)c2[nH]c(-c3ccncc3)cc12. The summed E-state index contributed by atoms with van der Waals surface area (Å²) >= 11 is 0. The summed E-state index contributed by atoms with van der Waals surface area (Å²) in [4.78, 5) is 6.99. The van der Waals surface area contributed by atoms with Crippen LogP contribution < -0.4 is 5.73 Å². The minimum atomic E-state index is -0.297. The van der Waals surface area contributed by atoms with Gasteiger partial charge in [0.25, 0.3) is 0 Å². The van der Waals surface area contributed by atoms with Gasteiger partial charge in [-0.2, -0.15) is 0 Å². The van der Waals surface area contributed by atoms with Gasteiger partial charge in [0.05, 0.1) is 5.52 Å². The summed E-state index contributed by atoms with van der Waals surface area (Å²) in [5, 5.41) is 0.705. The molecule has 0 saturated carbocycles. The lowest BCUT2D eigenvalue weighted by Gasteiger charge is -1.96. The minimum Gasteiger partial charge on any atom is -0.398 e. The molecule has 1 aromatic carbocycles. The maximum Gasteiger partial charge on any atom is 0.147 e. The predicted molar refractivity (Wildman–Crippen MR) is 65.9 cm³/mol. The zero-order chi connectivity index (χ0) is 11.8. The number of aromatic amines is 1. The third kappa shape index (κ3) is 1.54. The minimum absolute atomic E-state index is 0.297. The number of nitrogens with zero attached hydrogens (tertiary/aromatic N) is 1. The Labute approximate surface area is 97.1 Å². The number of hydrogen-bond donors (Lipinski definition) is 2. The molecule has 0 unspecified atom stereocenters. The van der Waals surface area contributed by atoms with Crippen LogP contribution in [0.15, 0.2) is 42.7 Å². The van der Waals surface area contributed by atoms with E-state index in [0.717, 1.165) is 11.3 Å². The van der Waals surface area contributed by atoms with Gasteiger partial charge in [-0.3, -0.25) is 4.98 Å². The van der Waals surface area contributed by atoms with E-state index in [4.69, 9.17) is 5.73 Å². The number of anilines is 1. The van der Waals surface area contributed by atoms with Crippen molar-refractivity contribution in [3.8, 4) is 11.3 Å². The Bertz CT molecular complexity index is 635. The van der Waals surface area contributed by atoms with Gasteiger partial charge in [-0.25, -0.2) is 4.39 Å². The van der Waals surface area contributed by atoms with Crippen LogP contribution in [-0.2, 0) is 0 Å². The molecule has 3 nitrogen and oxygen atoms in total. The topological polar surface area (TPSA) is 54.7 Å². The highest BCUT2D eigenvalue weighted by Gasteiger charge is 2.09. The molecular weight excluding hydrogens is 217 g/mol. The number of nitrogens with one attached hydrogen (secondary N) is 1. The summed E-state index contributed by atoms with van der Waals surface area (Å²) in [7, 11) is 0. The Morgan fingerprint density at radius 3 is 2.59 bits per heavy atom. The molecule has 4 heteroatoms. The third-order valence-corrected chi connectivity index (χ3v) is 2.77. The van der Waals surface area contributed by atoms with Crippen molar-refractivity contribution >= 4 is 16.6 Å². The largest absolute Gasteiger partial charge is 0.398 e.